The van der Waals surface area contributed by atoms with Crippen molar-refractivity contribution in [2.45, 2.75) is 24.6 Å². The van der Waals surface area contributed by atoms with Gasteiger partial charge < -0.3 is 5.32 Å². The average molecular weight is 293 g/mol. The molecule has 0 bridgehead atoms. The van der Waals surface area contributed by atoms with E-state index in [1.54, 1.807) is 31.3 Å². The predicted molar refractivity (Wildman–Crippen MR) is 77.4 cm³/mol. The molecule has 0 spiro atoms. The van der Waals surface area contributed by atoms with Crippen molar-refractivity contribution < 1.29 is 8.42 Å². The Bertz CT molecular complexity index is 601. The average Bonchev–Trinajstić information content (AvgIpc) is 2.47. The predicted octanol–water partition coefficient (Wildman–Crippen LogP) is 1.07. The first-order valence-electron chi connectivity index (χ1n) is 6.68. The molecular formula is C14H19N3O2S. The molecule has 108 valence electrons. The third-order valence-electron chi connectivity index (χ3n) is 3.63. The molecule has 2 rings (SSSR count). The molecule has 1 aliphatic rings. The molecule has 0 radical (unpaired) electrons. The fourth-order valence-electron chi connectivity index (χ4n) is 2.41. The molecule has 0 aromatic heterocycles. The quantitative estimate of drug-likeness (QED) is 0.901. The van der Waals surface area contributed by atoms with Gasteiger partial charge in [0, 0.05) is 19.6 Å². The van der Waals surface area contributed by atoms with Gasteiger partial charge in [0.05, 0.1) is 17.4 Å². The molecule has 6 heteroatoms. The maximum absolute atomic E-state index is 12.4. The molecule has 1 aromatic rings. The maximum atomic E-state index is 12.4. The number of benzene rings is 1. The minimum absolute atomic E-state index is 0.0212. The van der Waals surface area contributed by atoms with Crippen molar-refractivity contribution in [1.82, 2.24) is 9.62 Å². The standard InChI is InChI=1S/C14H19N3O2S/c1-17(14-6-3-7-16-10-14)20(18,19)11-13-5-2-4-12(8-13)9-15/h2,4-5,8,14,16H,3,6-7,10-11H2,1H3. The largest absolute Gasteiger partial charge is 0.315 e. The lowest BCUT2D eigenvalue weighted by Crippen LogP contribution is -2.46. The number of likely N-dealkylation sites (N-methyl/N-ethyl adjacent to an activating group) is 1. The SMILES string of the molecule is CN(C1CCCNC1)S(=O)(=O)Cc1cccc(C#N)c1. The smallest absolute Gasteiger partial charge is 0.218 e. The van der Waals surface area contributed by atoms with Crippen LogP contribution in [0.15, 0.2) is 24.3 Å². The Kier molecular flexibility index (Phi) is 4.76. The minimum atomic E-state index is -3.35. The monoisotopic (exact) mass is 293 g/mol. The lowest BCUT2D eigenvalue weighted by atomic mass is 10.1. The van der Waals surface area contributed by atoms with Gasteiger partial charge >= 0.3 is 0 Å². The van der Waals surface area contributed by atoms with Crippen molar-refractivity contribution in [2.24, 2.45) is 0 Å². The molecule has 1 atom stereocenters. The summed E-state index contributed by atoms with van der Waals surface area (Å²) in [6.07, 6.45) is 1.88. The first-order chi connectivity index (χ1) is 9.53. The summed E-state index contributed by atoms with van der Waals surface area (Å²) in [7, 11) is -1.71. The number of rotatable bonds is 4. The van der Waals surface area contributed by atoms with Gasteiger partial charge in [-0.05, 0) is 37.1 Å². The number of hydrogen-bond donors (Lipinski definition) is 1. The fraction of sp³-hybridized carbons (Fsp3) is 0.500. The van der Waals surface area contributed by atoms with E-state index in [1.165, 1.54) is 4.31 Å². The lowest BCUT2D eigenvalue weighted by molar-refractivity contribution is 0.300. The van der Waals surface area contributed by atoms with Crippen molar-refractivity contribution in [2.75, 3.05) is 20.1 Å². The van der Waals surface area contributed by atoms with Gasteiger partial charge in [-0.1, -0.05) is 12.1 Å². The summed E-state index contributed by atoms with van der Waals surface area (Å²) in [6.45, 7) is 1.66. The van der Waals surface area contributed by atoms with Crippen LogP contribution in [0.1, 0.15) is 24.0 Å². The minimum Gasteiger partial charge on any atom is -0.315 e. The zero-order valence-corrected chi connectivity index (χ0v) is 12.4. The Hall–Kier alpha value is -1.42. The van der Waals surface area contributed by atoms with E-state index in [9.17, 15) is 8.42 Å². The van der Waals surface area contributed by atoms with Crippen molar-refractivity contribution in [3.05, 3.63) is 35.4 Å². The highest BCUT2D eigenvalue weighted by molar-refractivity contribution is 7.88. The van der Waals surface area contributed by atoms with Gasteiger partial charge in [0.2, 0.25) is 10.0 Å². The van der Waals surface area contributed by atoms with E-state index >= 15 is 0 Å². The molecule has 1 aliphatic heterocycles. The maximum Gasteiger partial charge on any atom is 0.218 e. The van der Waals surface area contributed by atoms with Crippen LogP contribution in [0.2, 0.25) is 0 Å². The van der Waals surface area contributed by atoms with Crippen LogP contribution >= 0.6 is 0 Å². The van der Waals surface area contributed by atoms with Crippen LogP contribution in [0.5, 0.6) is 0 Å². The van der Waals surface area contributed by atoms with Crippen LogP contribution in [-0.4, -0.2) is 38.9 Å². The summed E-state index contributed by atoms with van der Waals surface area (Å²) in [5, 5.41) is 12.1. The van der Waals surface area contributed by atoms with Crippen molar-refractivity contribution in [3.63, 3.8) is 0 Å². The molecule has 1 unspecified atom stereocenters. The van der Waals surface area contributed by atoms with E-state index in [0.29, 0.717) is 17.7 Å². The van der Waals surface area contributed by atoms with Crippen LogP contribution < -0.4 is 5.32 Å². The van der Waals surface area contributed by atoms with E-state index in [4.69, 9.17) is 5.26 Å². The second-order valence-electron chi connectivity index (χ2n) is 5.08. The first kappa shape index (κ1) is 15.0. The lowest BCUT2D eigenvalue weighted by Gasteiger charge is -2.30. The fourth-order valence-corrected chi connectivity index (χ4v) is 3.85. The zero-order chi connectivity index (χ0) is 14.6. The van der Waals surface area contributed by atoms with Crippen molar-refractivity contribution >= 4 is 10.0 Å². The second-order valence-corrected chi connectivity index (χ2v) is 7.11. The van der Waals surface area contributed by atoms with E-state index in [0.717, 1.165) is 19.4 Å². The van der Waals surface area contributed by atoms with Gasteiger partial charge in [-0.25, -0.2) is 12.7 Å². The number of hydrogen-bond acceptors (Lipinski definition) is 4. The highest BCUT2D eigenvalue weighted by Gasteiger charge is 2.27. The number of nitriles is 1. The van der Waals surface area contributed by atoms with Crippen LogP contribution in [-0.2, 0) is 15.8 Å². The van der Waals surface area contributed by atoms with Crippen LogP contribution in [0.25, 0.3) is 0 Å². The van der Waals surface area contributed by atoms with Crippen LogP contribution in [0, 0.1) is 11.3 Å². The molecule has 1 heterocycles. The normalized spacial score (nSPS) is 19.8. The molecule has 1 aromatic carbocycles. The molecular weight excluding hydrogens is 274 g/mol. The first-order valence-corrected chi connectivity index (χ1v) is 8.29. The zero-order valence-electron chi connectivity index (χ0n) is 11.5. The van der Waals surface area contributed by atoms with Crippen LogP contribution in [0.4, 0.5) is 0 Å². The third kappa shape index (κ3) is 3.57. The van der Waals surface area contributed by atoms with Gasteiger partial charge in [0.15, 0.2) is 0 Å². The van der Waals surface area contributed by atoms with E-state index in [2.05, 4.69) is 5.32 Å². The number of sulfonamides is 1. The molecule has 20 heavy (non-hydrogen) atoms. The Morgan fingerprint density at radius 3 is 2.95 bits per heavy atom. The second kappa shape index (κ2) is 6.35. The summed E-state index contributed by atoms with van der Waals surface area (Å²) >= 11 is 0. The van der Waals surface area contributed by atoms with Gasteiger partial charge in [-0.15, -0.1) is 0 Å². The molecule has 0 amide bonds. The Morgan fingerprint density at radius 2 is 2.30 bits per heavy atom. The Balaban J connectivity index is 2.11. The molecule has 5 nitrogen and oxygen atoms in total. The summed E-state index contributed by atoms with van der Waals surface area (Å²) in [4.78, 5) is 0. The molecule has 1 N–H and O–H groups in total. The van der Waals surface area contributed by atoms with E-state index < -0.39 is 10.0 Å². The van der Waals surface area contributed by atoms with Crippen LogP contribution in [0.3, 0.4) is 0 Å². The van der Waals surface area contributed by atoms with Gasteiger partial charge in [0.25, 0.3) is 0 Å². The van der Waals surface area contributed by atoms with Gasteiger partial charge in [-0.3, -0.25) is 0 Å². The van der Waals surface area contributed by atoms with E-state index in [1.807, 2.05) is 6.07 Å². The summed E-state index contributed by atoms with van der Waals surface area (Å²) in [5.74, 6) is -0.0600. The summed E-state index contributed by atoms with van der Waals surface area (Å²) < 4.78 is 26.3. The molecule has 0 aliphatic carbocycles. The molecule has 1 fully saturated rings. The Morgan fingerprint density at radius 1 is 1.50 bits per heavy atom. The number of nitrogens with zero attached hydrogens (tertiary/aromatic N) is 2. The van der Waals surface area contributed by atoms with Gasteiger partial charge in [-0.2, -0.15) is 5.26 Å². The van der Waals surface area contributed by atoms with Crippen molar-refractivity contribution in [1.29, 1.82) is 5.26 Å². The molecule has 0 saturated carbocycles. The summed E-state index contributed by atoms with van der Waals surface area (Å²) in [5.41, 5.74) is 1.14. The van der Waals surface area contributed by atoms with E-state index in [-0.39, 0.29) is 11.8 Å². The van der Waals surface area contributed by atoms with Gasteiger partial charge in [0.1, 0.15) is 0 Å². The number of piperidine rings is 1. The summed E-state index contributed by atoms with van der Waals surface area (Å²) in [6, 6.07) is 8.80. The topological polar surface area (TPSA) is 73.2 Å². The number of nitrogens with one attached hydrogen (secondary N) is 1. The Labute approximate surface area is 120 Å². The highest BCUT2D eigenvalue weighted by Crippen LogP contribution is 2.17. The molecule has 1 saturated heterocycles. The van der Waals surface area contributed by atoms with Crippen molar-refractivity contribution in [3.8, 4) is 6.07 Å². The highest BCUT2D eigenvalue weighted by atomic mass is 32.2. The third-order valence-corrected chi connectivity index (χ3v) is 5.50.